The Morgan fingerprint density at radius 1 is 1.33 bits per heavy atom. The molecule has 1 unspecified atom stereocenters. The number of carbonyl (C=O) groups excluding carboxylic acids is 1. The lowest BCUT2D eigenvalue weighted by atomic mass is 10.1. The first-order valence-corrected chi connectivity index (χ1v) is 8.26. The molecule has 0 spiro atoms. The second kappa shape index (κ2) is 6.47. The lowest BCUT2D eigenvalue weighted by Crippen LogP contribution is -2.43. The van der Waals surface area contributed by atoms with E-state index in [0.717, 1.165) is 0 Å². The maximum Gasteiger partial charge on any atom is 0.361 e. The molecule has 1 atom stereocenters. The first-order chi connectivity index (χ1) is 10.0. The molecule has 7 nitrogen and oxygen atoms in total. The Morgan fingerprint density at radius 2 is 2.00 bits per heavy atom. The van der Waals surface area contributed by atoms with Gasteiger partial charge >= 0.3 is 13.6 Å². The highest BCUT2D eigenvalue weighted by atomic mass is 31.2. The summed E-state index contributed by atoms with van der Waals surface area (Å²) in [6.45, 7) is 5.62. The van der Waals surface area contributed by atoms with Gasteiger partial charge in [-0.2, -0.15) is 0 Å². The summed E-state index contributed by atoms with van der Waals surface area (Å²) >= 11 is 0. The second-order valence-electron chi connectivity index (χ2n) is 4.43. The number of carbonyl (C=O) groups is 1. The van der Waals surface area contributed by atoms with Crippen LogP contribution in [0.3, 0.4) is 0 Å². The van der Waals surface area contributed by atoms with Gasteiger partial charge in [-0.15, -0.1) is 0 Å². The summed E-state index contributed by atoms with van der Waals surface area (Å²) in [5.74, 6) is 0. The molecule has 8 heteroatoms. The van der Waals surface area contributed by atoms with Crippen LogP contribution in [-0.4, -0.2) is 19.2 Å². The van der Waals surface area contributed by atoms with Gasteiger partial charge in [-0.05, 0) is 26.8 Å². The molecule has 0 aromatic carbocycles. The Labute approximate surface area is 123 Å². The predicted octanol–water partition coefficient (Wildman–Crippen LogP) is 3.13. The van der Waals surface area contributed by atoms with Gasteiger partial charge in [0.2, 0.25) is 0 Å². The molecule has 1 aliphatic heterocycles. The van der Waals surface area contributed by atoms with Crippen LogP contribution < -0.4 is 10.6 Å². The molecule has 2 rings (SSSR count). The number of nitrogens with one attached hydrogen (secondary N) is 2. The smallest absolute Gasteiger partial charge is 0.361 e. The molecule has 1 aromatic rings. The molecule has 1 aliphatic rings. The highest BCUT2D eigenvalue weighted by molar-refractivity contribution is 7.58. The Hall–Kier alpha value is -1.56. The molecular weight excluding hydrogens is 295 g/mol. The second-order valence-corrected chi connectivity index (χ2v) is 6.42. The molecular formula is C13H19N2O5P. The van der Waals surface area contributed by atoms with Gasteiger partial charge in [-0.25, -0.2) is 4.79 Å². The number of amides is 2. The van der Waals surface area contributed by atoms with Crippen molar-refractivity contribution in [2.45, 2.75) is 26.8 Å². The summed E-state index contributed by atoms with van der Waals surface area (Å²) in [6.07, 6.45) is 2.98. The molecule has 2 N–H and O–H groups in total. The maximum atomic E-state index is 13.1. The molecule has 1 aromatic heterocycles. The van der Waals surface area contributed by atoms with Crippen LogP contribution >= 0.6 is 7.60 Å². The molecule has 0 saturated heterocycles. The topological polar surface area (TPSA) is 89.8 Å². The largest absolute Gasteiger partial charge is 0.472 e. The van der Waals surface area contributed by atoms with Crippen LogP contribution in [0, 0.1) is 0 Å². The van der Waals surface area contributed by atoms with E-state index in [4.69, 9.17) is 13.5 Å². The van der Waals surface area contributed by atoms with E-state index in [1.807, 2.05) is 0 Å². The minimum Gasteiger partial charge on any atom is -0.472 e. The predicted molar refractivity (Wildman–Crippen MR) is 76.7 cm³/mol. The summed E-state index contributed by atoms with van der Waals surface area (Å²) in [5.41, 5.74) is 1.15. The van der Waals surface area contributed by atoms with Crippen LogP contribution in [0.25, 0.3) is 0 Å². The number of urea groups is 1. The van der Waals surface area contributed by atoms with Gasteiger partial charge in [0, 0.05) is 11.3 Å². The van der Waals surface area contributed by atoms with Crippen molar-refractivity contribution in [2.24, 2.45) is 0 Å². The number of allylic oxidation sites excluding steroid dienone is 1. The fourth-order valence-corrected chi connectivity index (χ4v) is 4.28. The summed E-state index contributed by atoms with van der Waals surface area (Å²) in [4.78, 5) is 11.7. The average molecular weight is 314 g/mol. The number of hydrogen-bond donors (Lipinski definition) is 2. The van der Waals surface area contributed by atoms with Gasteiger partial charge in [-0.3, -0.25) is 4.57 Å². The average Bonchev–Trinajstić information content (AvgIpc) is 2.91. The normalized spacial score (nSPS) is 19.4. The molecule has 0 bridgehead atoms. The monoisotopic (exact) mass is 314 g/mol. The summed E-state index contributed by atoms with van der Waals surface area (Å²) < 4.78 is 28.9. The first-order valence-electron chi connectivity index (χ1n) is 6.72. The van der Waals surface area contributed by atoms with Crippen LogP contribution in [-0.2, 0) is 13.6 Å². The molecule has 2 amide bonds. The standard InChI is InChI=1S/C13H19N2O5P/c1-4-19-21(17,20-5-2)12-9(3)14-13(16)15-11(12)10-6-7-18-8-10/h6-8,11H,4-5H2,1-3H3,(H2,14,15,16). The van der Waals surface area contributed by atoms with E-state index >= 15 is 0 Å². The molecule has 0 aliphatic carbocycles. The fraction of sp³-hybridized carbons (Fsp3) is 0.462. The van der Waals surface area contributed by atoms with Crippen LogP contribution in [0.15, 0.2) is 34.0 Å². The Bertz CT molecular complexity index is 571. The van der Waals surface area contributed by atoms with E-state index in [1.54, 1.807) is 26.8 Å². The van der Waals surface area contributed by atoms with Crippen molar-refractivity contribution in [2.75, 3.05) is 13.2 Å². The Morgan fingerprint density at radius 3 is 2.52 bits per heavy atom. The van der Waals surface area contributed by atoms with Crippen LogP contribution in [0.5, 0.6) is 0 Å². The van der Waals surface area contributed by atoms with Crippen molar-refractivity contribution in [3.05, 3.63) is 35.2 Å². The van der Waals surface area contributed by atoms with Gasteiger partial charge in [-0.1, -0.05) is 0 Å². The highest BCUT2D eigenvalue weighted by Gasteiger charge is 2.41. The lowest BCUT2D eigenvalue weighted by molar-refractivity contribution is 0.220. The molecule has 2 heterocycles. The van der Waals surface area contributed by atoms with Crippen molar-refractivity contribution in [1.82, 2.24) is 10.6 Å². The van der Waals surface area contributed by atoms with Crippen molar-refractivity contribution in [3.8, 4) is 0 Å². The quantitative estimate of drug-likeness (QED) is 0.787. The first kappa shape index (κ1) is 15.8. The minimum absolute atomic E-state index is 0.236. The molecule has 0 fully saturated rings. The van der Waals surface area contributed by atoms with Gasteiger partial charge in [0.05, 0.1) is 37.1 Å². The molecule has 0 radical (unpaired) electrons. The van der Waals surface area contributed by atoms with E-state index in [0.29, 0.717) is 16.6 Å². The summed E-state index contributed by atoms with van der Waals surface area (Å²) in [5, 5.41) is 5.73. The maximum absolute atomic E-state index is 13.1. The number of rotatable bonds is 6. The summed E-state index contributed by atoms with van der Waals surface area (Å²) in [6, 6.07) is 0.717. The number of hydrogen-bond acceptors (Lipinski definition) is 5. The van der Waals surface area contributed by atoms with Crippen molar-refractivity contribution in [3.63, 3.8) is 0 Å². The fourth-order valence-electron chi connectivity index (χ4n) is 2.25. The third-order valence-electron chi connectivity index (χ3n) is 3.00. The van der Waals surface area contributed by atoms with Crippen LogP contribution in [0.4, 0.5) is 4.79 Å². The molecule has 116 valence electrons. The van der Waals surface area contributed by atoms with E-state index < -0.39 is 13.6 Å². The van der Waals surface area contributed by atoms with E-state index in [2.05, 4.69) is 10.6 Å². The van der Waals surface area contributed by atoms with Gasteiger partial charge in [0.15, 0.2) is 0 Å². The minimum atomic E-state index is -3.51. The van der Waals surface area contributed by atoms with E-state index in [1.165, 1.54) is 12.5 Å². The zero-order valence-corrected chi connectivity index (χ0v) is 13.1. The highest BCUT2D eigenvalue weighted by Crippen LogP contribution is 2.61. The Kier molecular flexibility index (Phi) is 4.88. The molecule has 0 saturated carbocycles. The van der Waals surface area contributed by atoms with Gasteiger partial charge in [0.1, 0.15) is 0 Å². The van der Waals surface area contributed by atoms with Crippen LogP contribution in [0.1, 0.15) is 32.4 Å². The lowest BCUT2D eigenvalue weighted by Gasteiger charge is -2.32. The van der Waals surface area contributed by atoms with Crippen molar-refractivity contribution < 1.29 is 22.8 Å². The van der Waals surface area contributed by atoms with Crippen molar-refractivity contribution >= 4 is 13.6 Å². The zero-order valence-electron chi connectivity index (χ0n) is 12.2. The van der Waals surface area contributed by atoms with E-state index in [-0.39, 0.29) is 19.2 Å². The third kappa shape index (κ3) is 3.20. The van der Waals surface area contributed by atoms with Gasteiger partial charge < -0.3 is 24.1 Å². The van der Waals surface area contributed by atoms with Crippen LogP contribution in [0.2, 0.25) is 0 Å². The molecule has 21 heavy (non-hydrogen) atoms. The zero-order chi connectivity index (χ0) is 15.5. The number of furan rings is 1. The SMILES string of the molecule is CCOP(=O)(OCC)C1=C(C)NC(=O)NC1c1ccoc1. The van der Waals surface area contributed by atoms with Crippen molar-refractivity contribution in [1.29, 1.82) is 0 Å². The van der Waals surface area contributed by atoms with E-state index in [9.17, 15) is 9.36 Å². The third-order valence-corrected chi connectivity index (χ3v) is 5.38. The van der Waals surface area contributed by atoms with Gasteiger partial charge in [0.25, 0.3) is 0 Å². The summed E-state index contributed by atoms with van der Waals surface area (Å²) in [7, 11) is -3.51. The Balaban J connectivity index is 2.50.